The lowest BCUT2D eigenvalue weighted by atomic mass is 10.0. The molecule has 0 unspecified atom stereocenters. The molecular formula is C18H20ClN3O3. The third-order valence-corrected chi connectivity index (χ3v) is 4.68. The molecule has 1 aromatic carbocycles. The van der Waals surface area contributed by atoms with Gasteiger partial charge in [0.15, 0.2) is 0 Å². The van der Waals surface area contributed by atoms with E-state index in [1.54, 1.807) is 7.11 Å². The van der Waals surface area contributed by atoms with E-state index in [0.717, 1.165) is 29.8 Å². The molecule has 1 N–H and O–H groups in total. The van der Waals surface area contributed by atoms with E-state index in [0.29, 0.717) is 23.7 Å². The lowest BCUT2D eigenvalue weighted by Gasteiger charge is -2.05. The lowest BCUT2D eigenvalue weighted by molar-refractivity contribution is 0.414. The van der Waals surface area contributed by atoms with Gasteiger partial charge in [0.1, 0.15) is 22.8 Å². The number of halogens is 1. The summed E-state index contributed by atoms with van der Waals surface area (Å²) in [4.78, 5) is 19.7. The number of ether oxygens (including phenoxy) is 1. The van der Waals surface area contributed by atoms with Gasteiger partial charge in [-0.2, -0.15) is 0 Å². The average molecular weight is 362 g/mol. The summed E-state index contributed by atoms with van der Waals surface area (Å²) in [5.41, 5.74) is 2.48. The van der Waals surface area contributed by atoms with Crippen molar-refractivity contribution in [1.82, 2.24) is 15.1 Å². The van der Waals surface area contributed by atoms with Crippen LogP contribution in [0.15, 0.2) is 33.6 Å². The molecule has 1 saturated carbocycles. The molecule has 1 aliphatic rings. The van der Waals surface area contributed by atoms with Gasteiger partial charge in [0, 0.05) is 12.3 Å². The van der Waals surface area contributed by atoms with E-state index >= 15 is 0 Å². The number of H-pyrrole nitrogens is 1. The van der Waals surface area contributed by atoms with Crippen molar-refractivity contribution in [3.05, 3.63) is 51.7 Å². The number of hydrogen-bond donors (Lipinski definition) is 1. The number of aromatic nitrogens is 3. The Kier molecular flexibility index (Phi) is 5.08. The summed E-state index contributed by atoms with van der Waals surface area (Å²) in [6.07, 6.45) is 5.11. The SMILES string of the molecule is COc1ccc(Cc2nc3c(C4CCCC4)noc3c(=O)[nH]2)cc1.Cl. The van der Waals surface area contributed by atoms with Gasteiger partial charge >= 0.3 is 0 Å². The highest BCUT2D eigenvalue weighted by Crippen LogP contribution is 2.35. The maximum Gasteiger partial charge on any atom is 0.297 e. The Bertz CT molecular complexity index is 911. The molecule has 6 nitrogen and oxygen atoms in total. The van der Waals surface area contributed by atoms with Crippen LogP contribution in [0.3, 0.4) is 0 Å². The topological polar surface area (TPSA) is 81.0 Å². The maximum absolute atomic E-state index is 12.3. The minimum Gasteiger partial charge on any atom is -0.497 e. The number of aromatic amines is 1. The van der Waals surface area contributed by atoms with Gasteiger partial charge in [0.25, 0.3) is 5.56 Å². The van der Waals surface area contributed by atoms with Gasteiger partial charge in [0.05, 0.1) is 7.11 Å². The molecule has 0 bridgehead atoms. The Hall–Kier alpha value is -2.34. The first kappa shape index (κ1) is 17.5. The van der Waals surface area contributed by atoms with Crippen LogP contribution in [0.25, 0.3) is 11.1 Å². The lowest BCUT2D eigenvalue weighted by Crippen LogP contribution is -2.12. The molecule has 4 rings (SSSR count). The normalized spacial score (nSPS) is 14.6. The Labute approximate surface area is 151 Å². The summed E-state index contributed by atoms with van der Waals surface area (Å²) in [7, 11) is 1.64. The van der Waals surface area contributed by atoms with E-state index in [1.165, 1.54) is 12.8 Å². The molecule has 132 valence electrons. The molecule has 1 fully saturated rings. The number of methoxy groups -OCH3 is 1. The van der Waals surface area contributed by atoms with Gasteiger partial charge in [-0.15, -0.1) is 12.4 Å². The van der Waals surface area contributed by atoms with Gasteiger partial charge in [-0.05, 0) is 30.5 Å². The van der Waals surface area contributed by atoms with Crippen LogP contribution in [0.1, 0.15) is 48.7 Å². The van der Waals surface area contributed by atoms with Crippen LogP contribution in [0.2, 0.25) is 0 Å². The zero-order valence-corrected chi connectivity index (χ0v) is 14.8. The quantitative estimate of drug-likeness (QED) is 0.768. The van der Waals surface area contributed by atoms with E-state index < -0.39 is 0 Å². The second kappa shape index (κ2) is 7.27. The number of fused-ring (bicyclic) bond motifs is 1. The van der Waals surface area contributed by atoms with Crippen molar-refractivity contribution in [2.75, 3.05) is 7.11 Å². The van der Waals surface area contributed by atoms with Gasteiger partial charge in [-0.3, -0.25) is 4.79 Å². The minimum absolute atomic E-state index is 0. The standard InChI is InChI=1S/C18H19N3O3.ClH/c1-23-13-8-6-11(7-9-13)10-14-19-16-15(12-4-2-3-5-12)21-24-17(16)18(22)20-14;/h6-9,12H,2-5,10H2,1H3,(H,19,20,22);1H. The van der Waals surface area contributed by atoms with Gasteiger partial charge in [0.2, 0.25) is 5.58 Å². The van der Waals surface area contributed by atoms with Crippen molar-refractivity contribution in [2.45, 2.75) is 38.0 Å². The van der Waals surface area contributed by atoms with Gasteiger partial charge in [-0.1, -0.05) is 30.1 Å². The molecule has 0 radical (unpaired) electrons. The van der Waals surface area contributed by atoms with Crippen LogP contribution in [-0.2, 0) is 6.42 Å². The van der Waals surface area contributed by atoms with Crippen LogP contribution in [-0.4, -0.2) is 22.2 Å². The summed E-state index contributed by atoms with van der Waals surface area (Å²) in [5, 5.41) is 4.13. The van der Waals surface area contributed by atoms with Crippen molar-refractivity contribution in [2.24, 2.45) is 0 Å². The first-order valence-electron chi connectivity index (χ1n) is 8.26. The third-order valence-electron chi connectivity index (χ3n) is 4.68. The zero-order valence-electron chi connectivity index (χ0n) is 13.9. The summed E-state index contributed by atoms with van der Waals surface area (Å²) < 4.78 is 10.4. The second-order valence-electron chi connectivity index (χ2n) is 6.26. The maximum atomic E-state index is 12.3. The molecule has 3 aromatic rings. The molecule has 0 spiro atoms. The van der Waals surface area contributed by atoms with Gasteiger partial charge < -0.3 is 14.2 Å². The van der Waals surface area contributed by atoms with E-state index in [-0.39, 0.29) is 23.5 Å². The fourth-order valence-corrected chi connectivity index (χ4v) is 3.39. The number of rotatable bonds is 4. The first-order chi connectivity index (χ1) is 11.7. The number of hydrogen-bond acceptors (Lipinski definition) is 5. The van der Waals surface area contributed by atoms with E-state index in [4.69, 9.17) is 9.26 Å². The number of benzene rings is 1. The van der Waals surface area contributed by atoms with Crippen LogP contribution < -0.4 is 10.3 Å². The predicted octanol–water partition coefficient (Wildman–Crippen LogP) is 3.59. The Balaban J connectivity index is 0.00000182. The minimum atomic E-state index is -0.264. The largest absolute Gasteiger partial charge is 0.497 e. The molecule has 1 aliphatic carbocycles. The van der Waals surface area contributed by atoms with Crippen LogP contribution in [0.4, 0.5) is 0 Å². The summed E-state index contributed by atoms with van der Waals surface area (Å²) in [6, 6.07) is 7.73. The highest BCUT2D eigenvalue weighted by molar-refractivity contribution is 5.85. The van der Waals surface area contributed by atoms with E-state index in [9.17, 15) is 4.79 Å². The van der Waals surface area contributed by atoms with E-state index in [2.05, 4.69) is 15.1 Å². The molecule has 0 saturated heterocycles. The van der Waals surface area contributed by atoms with E-state index in [1.807, 2.05) is 24.3 Å². The summed E-state index contributed by atoms with van der Waals surface area (Å²) in [6.45, 7) is 0. The molecule has 0 aliphatic heterocycles. The van der Waals surface area contributed by atoms with Crippen molar-refractivity contribution in [1.29, 1.82) is 0 Å². The van der Waals surface area contributed by atoms with Gasteiger partial charge in [-0.25, -0.2) is 4.98 Å². The molecule has 7 heteroatoms. The number of nitrogens with zero attached hydrogens (tertiary/aromatic N) is 2. The Morgan fingerprint density at radius 3 is 2.64 bits per heavy atom. The second-order valence-corrected chi connectivity index (χ2v) is 6.26. The van der Waals surface area contributed by atoms with Crippen molar-refractivity contribution in [3.8, 4) is 5.75 Å². The highest BCUT2D eigenvalue weighted by atomic mass is 35.5. The Morgan fingerprint density at radius 1 is 1.24 bits per heavy atom. The molecule has 0 atom stereocenters. The van der Waals surface area contributed by atoms with Crippen LogP contribution in [0, 0.1) is 0 Å². The molecule has 25 heavy (non-hydrogen) atoms. The van der Waals surface area contributed by atoms with Crippen molar-refractivity contribution in [3.63, 3.8) is 0 Å². The summed E-state index contributed by atoms with van der Waals surface area (Å²) >= 11 is 0. The van der Waals surface area contributed by atoms with Crippen LogP contribution >= 0.6 is 12.4 Å². The van der Waals surface area contributed by atoms with Crippen molar-refractivity contribution < 1.29 is 9.26 Å². The highest BCUT2D eigenvalue weighted by Gasteiger charge is 2.25. The Morgan fingerprint density at radius 2 is 1.96 bits per heavy atom. The predicted molar refractivity (Wildman–Crippen MR) is 96.7 cm³/mol. The summed E-state index contributed by atoms with van der Waals surface area (Å²) in [5.74, 6) is 1.78. The zero-order chi connectivity index (χ0) is 16.5. The monoisotopic (exact) mass is 361 g/mol. The smallest absolute Gasteiger partial charge is 0.297 e. The fraction of sp³-hybridized carbons (Fsp3) is 0.389. The third kappa shape index (κ3) is 3.39. The fourth-order valence-electron chi connectivity index (χ4n) is 3.39. The molecule has 2 heterocycles. The molecule has 0 amide bonds. The number of nitrogens with one attached hydrogen (secondary N) is 1. The first-order valence-corrected chi connectivity index (χ1v) is 8.26. The molecular weight excluding hydrogens is 342 g/mol. The average Bonchev–Trinajstić information content (AvgIpc) is 3.24. The van der Waals surface area contributed by atoms with Crippen LogP contribution in [0.5, 0.6) is 5.75 Å². The molecule has 2 aromatic heterocycles. The van der Waals surface area contributed by atoms with Crippen molar-refractivity contribution >= 4 is 23.5 Å².